The van der Waals surface area contributed by atoms with Gasteiger partial charge in [-0.05, 0) is 35.7 Å². The van der Waals surface area contributed by atoms with Crippen molar-refractivity contribution in [2.75, 3.05) is 5.32 Å². The Morgan fingerprint density at radius 1 is 1.07 bits per heavy atom. The fourth-order valence-electron chi connectivity index (χ4n) is 3.10. The summed E-state index contributed by atoms with van der Waals surface area (Å²) in [5, 5.41) is 3.79. The van der Waals surface area contributed by atoms with E-state index in [2.05, 4.69) is 20.3 Å². The molecule has 0 spiro atoms. The van der Waals surface area contributed by atoms with Crippen LogP contribution in [0.4, 0.5) is 5.69 Å². The van der Waals surface area contributed by atoms with Gasteiger partial charge in [0, 0.05) is 17.1 Å². The lowest BCUT2D eigenvalue weighted by Gasteiger charge is -2.11. The number of amides is 1. The van der Waals surface area contributed by atoms with E-state index in [-0.39, 0.29) is 23.1 Å². The number of nitrogens with zero attached hydrogens (tertiary/aromatic N) is 2. The monoisotopic (exact) mass is 358 g/mol. The number of carbonyl (C=O) groups is 1. The highest BCUT2D eigenvalue weighted by Gasteiger charge is 2.12. The highest BCUT2D eigenvalue weighted by molar-refractivity contribution is 6.04. The molecule has 0 aliphatic carbocycles. The van der Waals surface area contributed by atoms with Crippen LogP contribution in [0.15, 0.2) is 59.5 Å². The van der Waals surface area contributed by atoms with Crippen molar-refractivity contribution in [3.8, 4) is 0 Å². The average molecular weight is 358 g/mol. The third-order valence-electron chi connectivity index (χ3n) is 4.44. The molecule has 0 aliphatic rings. The molecular weight excluding hydrogens is 340 g/mol. The summed E-state index contributed by atoms with van der Waals surface area (Å²) in [7, 11) is 0. The Morgan fingerprint density at radius 2 is 1.85 bits per heavy atom. The number of fused-ring (bicyclic) bond motifs is 2. The van der Waals surface area contributed by atoms with Crippen LogP contribution in [0.25, 0.3) is 21.9 Å². The Hall–Kier alpha value is -3.54. The molecule has 0 fully saturated rings. The lowest BCUT2D eigenvalue weighted by Crippen LogP contribution is -2.14. The number of carbonyl (C=O) groups excluding carboxylic acids is 1. The van der Waals surface area contributed by atoms with Gasteiger partial charge in [0.2, 0.25) is 5.56 Å². The van der Waals surface area contributed by atoms with Crippen molar-refractivity contribution in [3.63, 3.8) is 0 Å². The van der Waals surface area contributed by atoms with Crippen LogP contribution in [0.5, 0.6) is 0 Å². The first-order chi connectivity index (χ1) is 13.0. The summed E-state index contributed by atoms with van der Waals surface area (Å²) in [6.07, 6.45) is 1.46. The van der Waals surface area contributed by atoms with Crippen molar-refractivity contribution in [3.05, 3.63) is 76.3 Å². The standard InChI is InChI=1S/C21H18N4O2/c1-12(2)15-10-20(26)25-18-9-13(7-8-14(15)18)23-21(27)19-11-22-16-5-3-4-6-17(16)24-19/h3-12H,1-2H3,(H,23,27)(H,25,26). The largest absolute Gasteiger partial charge is 0.322 e. The van der Waals surface area contributed by atoms with E-state index in [1.807, 2.05) is 50.2 Å². The number of aromatic nitrogens is 3. The topological polar surface area (TPSA) is 87.7 Å². The fraction of sp³-hybridized carbons (Fsp3) is 0.143. The van der Waals surface area contributed by atoms with Gasteiger partial charge in [-0.2, -0.15) is 0 Å². The second kappa shape index (κ2) is 6.64. The minimum atomic E-state index is -0.352. The number of hydrogen-bond acceptors (Lipinski definition) is 4. The van der Waals surface area contributed by atoms with Crippen LogP contribution in [0.1, 0.15) is 35.8 Å². The Bertz CT molecular complexity index is 1230. The average Bonchev–Trinajstić information content (AvgIpc) is 2.66. The molecule has 0 unspecified atom stereocenters. The number of H-pyrrole nitrogens is 1. The van der Waals surface area contributed by atoms with Crippen LogP contribution < -0.4 is 10.9 Å². The van der Waals surface area contributed by atoms with E-state index in [4.69, 9.17) is 0 Å². The summed E-state index contributed by atoms with van der Waals surface area (Å²) in [5.74, 6) is -0.127. The number of pyridine rings is 1. The molecule has 6 heteroatoms. The van der Waals surface area contributed by atoms with Crippen LogP contribution >= 0.6 is 0 Å². The van der Waals surface area contributed by atoms with E-state index in [1.165, 1.54) is 6.20 Å². The first-order valence-electron chi connectivity index (χ1n) is 8.71. The van der Waals surface area contributed by atoms with Crippen molar-refractivity contribution in [1.29, 1.82) is 0 Å². The van der Waals surface area contributed by atoms with Crippen LogP contribution in [0, 0.1) is 0 Å². The molecule has 2 aromatic heterocycles. The SMILES string of the molecule is CC(C)c1cc(=O)[nH]c2cc(NC(=O)c3cnc4ccccc4n3)ccc12. The Kier molecular flexibility index (Phi) is 4.16. The van der Waals surface area contributed by atoms with Crippen LogP contribution in [-0.4, -0.2) is 20.9 Å². The molecule has 0 saturated carbocycles. The highest BCUT2D eigenvalue weighted by atomic mass is 16.2. The van der Waals surface area contributed by atoms with E-state index >= 15 is 0 Å². The lowest BCUT2D eigenvalue weighted by atomic mass is 9.99. The maximum absolute atomic E-state index is 12.6. The first kappa shape index (κ1) is 16.9. The van der Waals surface area contributed by atoms with Crippen LogP contribution in [-0.2, 0) is 0 Å². The zero-order valence-electron chi connectivity index (χ0n) is 15.0. The number of aromatic amines is 1. The molecule has 2 aromatic carbocycles. The molecule has 1 amide bonds. The van der Waals surface area contributed by atoms with Gasteiger partial charge in [-0.1, -0.05) is 32.0 Å². The minimum Gasteiger partial charge on any atom is -0.322 e. The zero-order chi connectivity index (χ0) is 19.0. The molecule has 27 heavy (non-hydrogen) atoms. The predicted molar refractivity (Wildman–Crippen MR) is 106 cm³/mol. The second-order valence-corrected chi connectivity index (χ2v) is 6.70. The summed E-state index contributed by atoms with van der Waals surface area (Å²) in [5.41, 5.74) is 3.72. The summed E-state index contributed by atoms with van der Waals surface area (Å²) in [4.78, 5) is 35.9. The van der Waals surface area contributed by atoms with Gasteiger partial charge in [0.1, 0.15) is 5.69 Å². The van der Waals surface area contributed by atoms with Crippen molar-refractivity contribution in [2.45, 2.75) is 19.8 Å². The van der Waals surface area contributed by atoms with Gasteiger partial charge in [-0.15, -0.1) is 0 Å². The number of hydrogen-bond donors (Lipinski definition) is 2. The van der Waals surface area contributed by atoms with Gasteiger partial charge in [-0.3, -0.25) is 14.6 Å². The fourth-order valence-corrected chi connectivity index (χ4v) is 3.10. The second-order valence-electron chi connectivity index (χ2n) is 6.70. The first-order valence-corrected chi connectivity index (χ1v) is 8.71. The Morgan fingerprint density at radius 3 is 2.63 bits per heavy atom. The molecule has 0 aliphatic heterocycles. The highest BCUT2D eigenvalue weighted by Crippen LogP contribution is 2.25. The molecule has 4 rings (SSSR count). The van der Waals surface area contributed by atoms with Gasteiger partial charge in [-0.25, -0.2) is 4.98 Å². The van der Waals surface area contributed by atoms with E-state index in [9.17, 15) is 9.59 Å². The van der Waals surface area contributed by atoms with Gasteiger partial charge >= 0.3 is 0 Å². The van der Waals surface area contributed by atoms with Crippen molar-refractivity contribution < 1.29 is 4.79 Å². The summed E-state index contributed by atoms with van der Waals surface area (Å²) in [6.45, 7) is 4.09. The number of anilines is 1. The smallest absolute Gasteiger partial charge is 0.275 e. The third-order valence-corrected chi connectivity index (χ3v) is 4.44. The van der Waals surface area contributed by atoms with Crippen LogP contribution in [0.3, 0.4) is 0 Å². The van der Waals surface area contributed by atoms with Gasteiger partial charge in [0.05, 0.1) is 22.7 Å². The maximum Gasteiger partial charge on any atom is 0.275 e. The molecule has 0 bridgehead atoms. The molecule has 0 radical (unpaired) electrons. The number of benzene rings is 2. The quantitative estimate of drug-likeness (QED) is 0.582. The Labute approximate surface area is 155 Å². The van der Waals surface area contributed by atoms with Crippen molar-refractivity contribution in [1.82, 2.24) is 15.0 Å². The van der Waals surface area contributed by atoms with E-state index < -0.39 is 0 Å². The Balaban J connectivity index is 1.68. The predicted octanol–water partition coefficient (Wildman–Crippen LogP) is 3.85. The summed E-state index contributed by atoms with van der Waals surface area (Å²) < 4.78 is 0. The van der Waals surface area contributed by atoms with Gasteiger partial charge in [0.25, 0.3) is 5.91 Å². The lowest BCUT2D eigenvalue weighted by molar-refractivity contribution is 0.102. The maximum atomic E-state index is 12.6. The summed E-state index contributed by atoms with van der Waals surface area (Å²) in [6, 6.07) is 14.5. The molecule has 0 atom stereocenters. The van der Waals surface area contributed by atoms with Crippen molar-refractivity contribution >= 4 is 33.5 Å². The third kappa shape index (κ3) is 3.29. The molecule has 2 N–H and O–H groups in total. The number of para-hydroxylation sites is 2. The van der Waals surface area contributed by atoms with E-state index in [0.717, 1.165) is 16.5 Å². The molecule has 2 heterocycles. The number of rotatable bonds is 3. The molecule has 4 aromatic rings. The van der Waals surface area contributed by atoms with E-state index in [0.29, 0.717) is 16.7 Å². The van der Waals surface area contributed by atoms with Crippen molar-refractivity contribution in [2.24, 2.45) is 0 Å². The van der Waals surface area contributed by atoms with Gasteiger partial charge < -0.3 is 10.3 Å². The molecule has 0 saturated heterocycles. The molecule has 134 valence electrons. The van der Waals surface area contributed by atoms with E-state index in [1.54, 1.807) is 12.1 Å². The minimum absolute atomic E-state index is 0.157. The normalized spacial score (nSPS) is 11.2. The molecule has 6 nitrogen and oxygen atoms in total. The number of nitrogens with one attached hydrogen (secondary N) is 2. The summed E-state index contributed by atoms with van der Waals surface area (Å²) >= 11 is 0. The van der Waals surface area contributed by atoms with Gasteiger partial charge in [0.15, 0.2) is 0 Å². The van der Waals surface area contributed by atoms with Crippen LogP contribution in [0.2, 0.25) is 0 Å². The molecular formula is C21H18N4O2. The zero-order valence-corrected chi connectivity index (χ0v) is 15.0.